The standard InChI is InChI=1S/C11H8BrN5O3S/c12-6-1-2-9(14-4-6)21-11-8(10(13)16-18)3-7(5-15-11)17(19)20/h1-5,18H,(H2,13,16). The van der Waals surface area contributed by atoms with Gasteiger partial charge < -0.3 is 10.9 Å². The Morgan fingerprint density at radius 3 is 2.76 bits per heavy atom. The van der Waals surface area contributed by atoms with Crippen molar-refractivity contribution in [2.75, 3.05) is 0 Å². The highest BCUT2D eigenvalue weighted by Crippen LogP contribution is 2.29. The molecule has 10 heteroatoms. The van der Waals surface area contributed by atoms with Crippen LogP contribution in [0.4, 0.5) is 5.69 Å². The Labute approximate surface area is 131 Å². The fourth-order valence-electron chi connectivity index (χ4n) is 1.38. The zero-order valence-electron chi connectivity index (χ0n) is 10.3. The second kappa shape index (κ2) is 6.50. The van der Waals surface area contributed by atoms with Crippen LogP contribution in [0.2, 0.25) is 0 Å². The van der Waals surface area contributed by atoms with Crippen LogP contribution >= 0.6 is 27.7 Å². The van der Waals surface area contributed by atoms with E-state index in [0.717, 1.165) is 22.4 Å². The lowest BCUT2D eigenvalue weighted by molar-refractivity contribution is -0.385. The number of pyridine rings is 2. The van der Waals surface area contributed by atoms with Gasteiger partial charge in [0, 0.05) is 16.7 Å². The summed E-state index contributed by atoms with van der Waals surface area (Å²) in [7, 11) is 0. The Hall–Kier alpha value is -2.20. The number of nitrogens with zero attached hydrogens (tertiary/aromatic N) is 4. The molecule has 2 aromatic heterocycles. The normalized spacial score (nSPS) is 11.4. The number of nitro groups is 1. The van der Waals surface area contributed by atoms with Crippen molar-refractivity contribution >= 4 is 39.2 Å². The lowest BCUT2D eigenvalue weighted by Crippen LogP contribution is -2.15. The topological polar surface area (TPSA) is 128 Å². The SMILES string of the molecule is NC(=NO)c1cc([N+](=O)[O-])cnc1Sc1ccc(Br)cn1. The summed E-state index contributed by atoms with van der Waals surface area (Å²) in [4.78, 5) is 18.3. The van der Waals surface area contributed by atoms with Crippen molar-refractivity contribution in [3.8, 4) is 0 Å². The monoisotopic (exact) mass is 369 g/mol. The molecule has 0 aliphatic carbocycles. The first-order chi connectivity index (χ1) is 10.0. The van der Waals surface area contributed by atoms with Gasteiger partial charge in [0.2, 0.25) is 0 Å². The summed E-state index contributed by atoms with van der Waals surface area (Å²) < 4.78 is 0.820. The summed E-state index contributed by atoms with van der Waals surface area (Å²) >= 11 is 4.42. The van der Waals surface area contributed by atoms with Gasteiger partial charge in [-0.2, -0.15) is 0 Å². The predicted octanol–water partition coefficient (Wildman–Crippen LogP) is 2.39. The smallest absolute Gasteiger partial charge is 0.288 e. The summed E-state index contributed by atoms with van der Waals surface area (Å²) in [6.45, 7) is 0. The first-order valence-electron chi connectivity index (χ1n) is 5.43. The van der Waals surface area contributed by atoms with Crippen LogP contribution in [0, 0.1) is 10.1 Å². The van der Waals surface area contributed by atoms with E-state index in [0.29, 0.717) is 10.1 Å². The molecule has 0 aromatic carbocycles. The first kappa shape index (κ1) is 15.2. The van der Waals surface area contributed by atoms with E-state index in [4.69, 9.17) is 10.9 Å². The van der Waals surface area contributed by atoms with Crippen molar-refractivity contribution in [2.24, 2.45) is 10.9 Å². The van der Waals surface area contributed by atoms with E-state index in [1.807, 2.05) is 0 Å². The molecule has 0 atom stereocenters. The number of oxime groups is 1. The quantitative estimate of drug-likeness (QED) is 0.278. The molecular formula is C11H8BrN5O3S. The van der Waals surface area contributed by atoms with E-state index in [2.05, 4.69) is 31.1 Å². The number of hydrogen-bond donors (Lipinski definition) is 2. The minimum Gasteiger partial charge on any atom is -0.409 e. The fraction of sp³-hybridized carbons (Fsp3) is 0. The van der Waals surface area contributed by atoms with E-state index >= 15 is 0 Å². The van der Waals surface area contributed by atoms with Gasteiger partial charge in [-0.25, -0.2) is 9.97 Å². The minimum absolute atomic E-state index is 0.168. The third-order valence-corrected chi connectivity index (χ3v) is 3.77. The highest BCUT2D eigenvalue weighted by Gasteiger charge is 2.16. The van der Waals surface area contributed by atoms with Crippen molar-refractivity contribution in [1.82, 2.24) is 9.97 Å². The molecule has 0 saturated carbocycles. The number of nitrogens with two attached hydrogens (primary N) is 1. The molecule has 0 saturated heterocycles. The summed E-state index contributed by atoms with van der Waals surface area (Å²) in [6, 6.07) is 4.74. The largest absolute Gasteiger partial charge is 0.409 e. The van der Waals surface area contributed by atoms with Gasteiger partial charge in [0.15, 0.2) is 5.84 Å². The third-order valence-electron chi connectivity index (χ3n) is 2.33. The minimum atomic E-state index is -0.604. The molecule has 0 fully saturated rings. The zero-order chi connectivity index (χ0) is 15.4. The predicted molar refractivity (Wildman–Crippen MR) is 79.5 cm³/mol. The number of aromatic nitrogens is 2. The van der Waals surface area contributed by atoms with E-state index < -0.39 is 4.92 Å². The van der Waals surface area contributed by atoms with Crippen LogP contribution in [0.15, 0.2) is 50.3 Å². The second-order valence-corrected chi connectivity index (χ2v) is 5.63. The molecule has 0 unspecified atom stereocenters. The molecule has 0 bridgehead atoms. The molecule has 2 rings (SSSR count). The number of hydrogen-bond acceptors (Lipinski definition) is 7. The summed E-state index contributed by atoms with van der Waals surface area (Å²) in [6.07, 6.45) is 2.71. The van der Waals surface area contributed by atoms with Crippen LogP contribution in [0.25, 0.3) is 0 Å². The maximum atomic E-state index is 10.8. The van der Waals surface area contributed by atoms with E-state index in [1.165, 1.54) is 6.07 Å². The van der Waals surface area contributed by atoms with Crippen molar-refractivity contribution in [3.63, 3.8) is 0 Å². The van der Waals surface area contributed by atoms with Gasteiger partial charge in [-0.15, -0.1) is 0 Å². The van der Waals surface area contributed by atoms with E-state index in [-0.39, 0.29) is 17.1 Å². The van der Waals surface area contributed by atoms with Gasteiger partial charge in [-0.05, 0) is 39.8 Å². The van der Waals surface area contributed by atoms with Crippen LogP contribution in [0.1, 0.15) is 5.56 Å². The highest BCUT2D eigenvalue weighted by molar-refractivity contribution is 9.10. The maximum absolute atomic E-state index is 10.8. The number of halogens is 1. The molecule has 8 nitrogen and oxygen atoms in total. The van der Waals surface area contributed by atoms with Gasteiger partial charge in [0.05, 0.1) is 10.5 Å². The van der Waals surface area contributed by atoms with Crippen LogP contribution in [-0.2, 0) is 0 Å². The first-order valence-corrected chi connectivity index (χ1v) is 7.04. The molecule has 0 spiro atoms. The summed E-state index contributed by atoms with van der Waals surface area (Å²) in [5, 5.41) is 23.4. The van der Waals surface area contributed by atoms with Gasteiger partial charge in [-0.3, -0.25) is 10.1 Å². The Kier molecular flexibility index (Phi) is 4.70. The molecule has 108 valence electrons. The molecule has 2 heterocycles. The van der Waals surface area contributed by atoms with Gasteiger partial charge >= 0.3 is 0 Å². The average Bonchev–Trinajstić information content (AvgIpc) is 2.49. The van der Waals surface area contributed by atoms with Gasteiger partial charge in [0.25, 0.3) is 5.69 Å². The highest BCUT2D eigenvalue weighted by atomic mass is 79.9. The van der Waals surface area contributed by atoms with Crippen molar-refractivity contribution in [2.45, 2.75) is 10.1 Å². The Bertz CT molecular complexity index is 708. The molecule has 0 aliphatic rings. The lowest BCUT2D eigenvalue weighted by atomic mass is 10.2. The van der Waals surface area contributed by atoms with Crippen LogP contribution in [0.5, 0.6) is 0 Å². The molecule has 0 radical (unpaired) electrons. The van der Waals surface area contributed by atoms with Crippen LogP contribution in [0.3, 0.4) is 0 Å². The molecule has 0 amide bonds. The van der Waals surface area contributed by atoms with E-state index in [9.17, 15) is 10.1 Å². The van der Waals surface area contributed by atoms with Crippen molar-refractivity contribution in [1.29, 1.82) is 0 Å². The van der Waals surface area contributed by atoms with Crippen LogP contribution in [-0.4, -0.2) is 25.9 Å². The van der Waals surface area contributed by atoms with Gasteiger partial charge in [-0.1, -0.05) is 5.16 Å². The fourth-order valence-corrected chi connectivity index (χ4v) is 2.43. The van der Waals surface area contributed by atoms with Crippen molar-refractivity contribution in [3.05, 3.63) is 50.7 Å². The lowest BCUT2D eigenvalue weighted by Gasteiger charge is -2.06. The molecule has 2 aromatic rings. The third kappa shape index (κ3) is 3.67. The Morgan fingerprint density at radius 1 is 1.43 bits per heavy atom. The van der Waals surface area contributed by atoms with Crippen molar-refractivity contribution < 1.29 is 10.1 Å². The Morgan fingerprint density at radius 2 is 2.19 bits per heavy atom. The zero-order valence-corrected chi connectivity index (χ0v) is 12.7. The maximum Gasteiger partial charge on any atom is 0.288 e. The molecular weight excluding hydrogens is 362 g/mol. The molecule has 21 heavy (non-hydrogen) atoms. The van der Waals surface area contributed by atoms with Crippen LogP contribution < -0.4 is 5.73 Å². The summed E-state index contributed by atoms with van der Waals surface area (Å²) in [5.74, 6) is -0.259. The number of amidine groups is 1. The Balaban J connectivity index is 2.42. The summed E-state index contributed by atoms with van der Waals surface area (Å²) in [5.41, 5.74) is 5.46. The second-order valence-electron chi connectivity index (χ2n) is 3.71. The molecule has 3 N–H and O–H groups in total. The van der Waals surface area contributed by atoms with Gasteiger partial charge in [0.1, 0.15) is 16.2 Å². The molecule has 0 aliphatic heterocycles. The number of rotatable bonds is 4. The average molecular weight is 370 g/mol. The van der Waals surface area contributed by atoms with E-state index in [1.54, 1.807) is 18.3 Å².